The van der Waals surface area contributed by atoms with E-state index in [0.29, 0.717) is 27.7 Å². The van der Waals surface area contributed by atoms with Crippen molar-refractivity contribution in [3.8, 4) is 5.75 Å². The van der Waals surface area contributed by atoms with Crippen LogP contribution in [0.25, 0.3) is 0 Å². The zero-order valence-electron chi connectivity index (χ0n) is 16.8. The van der Waals surface area contributed by atoms with Crippen molar-refractivity contribution in [2.75, 3.05) is 19.1 Å². The van der Waals surface area contributed by atoms with Gasteiger partial charge in [-0.15, -0.1) is 0 Å². The number of hydrogen-bond donors (Lipinski definition) is 0. The van der Waals surface area contributed by atoms with Crippen LogP contribution in [-0.2, 0) is 20.9 Å². The molecule has 4 rings (SSSR count). The maximum Gasteiger partial charge on any atom is 0.325 e. The van der Waals surface area contributed by atoms with Gasteiger partial charge in [0.05, 0.1) is 24.8 Å². The second-order valence-corrected chi connectivity index (χ2v) is 7.95. The molecule has 0 bridgehead atoms. The fraction of sp³-hybridized carbons (Fsp3) is 0.227. The summed E-state index contributed by atoms with van der Waals surface area (Å²) in [4.78, 5) is 39.8. The Balaban J connectivity index is 1.91. The van der Waals surface area contributed by atoms with Gasteiger partial charge in [0.1, 0.15) is 23.9 Å². The zero-order valence-corrected chi connectivity index (χ0v) is 17.6. The Bertz CT molecular complexity index is 1200. The van der Waals surface area contributed by atoms with Crippen LogP contribution in [0.3, 0.4) is 0 Å². The van der Waals surface area contributed by atoms with Crippen molar-refractivity contribution in [1.82, 2.24) is 4.57 Å². The first kappa shape index (κ1) is 20.8. The summed E-state index contributed by atoms with van der Waals surface area (Å²) >= 11 is 0.968. The molecule has 31 heavy (non-hydrogen) atoms. The molecule has 0 saturated carbocycles. The molecule has 0 spiro atoms. The van der Waals surface area contributed by atoms with Gasteiger partial charge in [0.15, 0.2) is 0 Å². The number of fused-ring (bicyclic) bond motifs is 1. The standard InChI is InChI=1S/C22H19FN2O5S/c1-29-16-5-3-4-15(10-16)25-18(26)11-17(13-6-8-14(23)9-7-13)20-21(25)24(22(28)31-20)12-19(27)30-2/h3-10,17H,11-12H2,1-2H3. The minimum Gasteiger partial charge on any atom is -0.497 e. The van der Waals surface area contributed by atoms with Crippen molar-refractivity contribution in [3.05, 3.63) is 74.5 Å². The molecule has 160 valence electrons. The maximum absolute atomic E-state index is 13.4. The monoisotopic (exact) mass is 442 g/mol. The van der Waals surface area contributed by atoms with Gasteiger partial charge in [0, 0.05) is 18.4 Å². The van der Waals surface area contributed by atoms with Crippen LogP contribution >= 0.6 is 11.3 Å². The fourth-order valence-corrected chi connectivity index (χ4v) is 4.77. The molecule has 1 unspecified atom stereocenters. The number of carbonyl (C=O) groups excluding carboxylic acids is 2. The number of anilines is 2. The van der Waals surface area contributed by atoms with E-state index in [0.717, 1.165) is 11.3 Å². The SMILES string of the molecule is COC(=O)Cn1c2c(sc1=O)C(c1ccc(F)cc1)CC(=O)N2c1cccc(OC)c1. The van der Waals surface area contributed by atoms with Crippen molar-refractivity contribution in [3.63, 3.8) is 0 Å². The minimum absolute atomic E-state index is 0.0913. The van der Waals surface area contributed by atoms with E-state index in [9.17, 15) is 18.8 Å². The van der Waals surface area contributed by atoms with Crippen LogP contribution in [0.5, 0.6) is 5.75 Å². The van der Waals surface area contributed by atoms with Crippen LogP contribution in [0.4, 0.5) is 15.9 Å². The molecule has 0 fully saturated rings. The first-order valence-electron chi connectivity index (χ1n) is 9.45. The van der Waals surface area contributed by atoms with Crippen LogP contribution in [0.2, 0.25) is 0 Å². The van der Waals surface area contributed by atoms with Crippen molar-refractivity contribution >= 4 is 34.7 Å². The smallest absolute Gasteiger partial charge is 0.325 e. The fourth-order valence-electron chi connectivity index (χ4n) is 3.66. The molecular formula is C22H19FN2O5S. The summed E-state index contributed by atoms with van der Waals surface area (Å²) < 4.78 is 24.7. The average Bonchev–Trinajstić information content (AvgIpc) is 3.09. The van der Waals surface area contributed by atoms with Crippen molar-refractivity contribution < 1.29 is 23.5 Å². The van der Waals surface area contributed by atoms with E-state index in [1.54, 1.807) is 36.4 Å². The highest BCUT2D eigenvalue weighted by atomic mass is 32.1. The summed E-state index contributed by atoms with van der Waals surface area (Å²) in [5, 5.41) is 0. The predicted octanol–water partition coefficient (Wildman–Crippen LogP) is 3.43. The molecule has 7 nitrogen and oxygen atoms in total. The number of hydrogen-bond acceptors (Lipinski definition) is 6. The van der Waals surface area contributed by atoms with Crippen LogP contribution in [0.15, 0.2) is 53.3 Å². The molecule has 0 N–H and O–H groups in total. The molecule has 0 saturated heterocycles. The van der Waals surface area contributed by atoms with Crippen LogP contribution in [0, 0.1) is 5.82 Å². The normalized spacial score (nSPS) is 15.5. The topological polar surface area (TPSA) is 77.8 Å². The highest BCUT2D eigenvalue weighted by Gasteiger charge is 2.38. The molecule has 1 aromatic heterocycles. The van der Waals surface area contributed by atoms with E-state index < -0.39 is 11.9 Å². The lowest BCUT2D eigenvalue weighted by Crippen LogP contribution is -2.36. The Kier molecular flexibility index (Phi) is 5.60. The Labute approximate surface area is 181 Å². The molecule has 1 amide bonds. The average molecular weight is 442 g/mol. The number of thiazole rings is 1. The lowest BCUT2D eigenvalue weighted by Gasteiger charge is -2.32. The van der Waals surface area contributed by atoms with E-state index >= 15 is 0 Å². The third-order valence-corrected chi connectivity index (χ3v) is 6.23. The first-order chi connectivity index (χ1) is 14.9. The van der Waals surface area contributed by atoms with E-state index in [1.807, 2.05) is 0 Å². The molecule has 0 aliphatic carbocycles. The molecular weight excluding hydrogens is 423 g/mol. The van der Waals surface area contributed by atoms with Gasteiger partial charge >= 0.3 is 10.8 Å². The lowest BCUT2D eigenvalue weighted by molar-refractivity contribution is -0.141. The number of methoxy groups -OCH3 is 2. The number of benzene rings is 2. The summed E-state index contributed by atoms with van der Waals surface area (Å²) in [7, 11) is 2.75. The summed E-state index contributed by atoms with van der Waals surface area (Å²) in [6.45, 7) is -0.328. The quantitative estimate of drug-likeness (QED) is 0.566. The van der Waals surface area contributed by atoms with E-state index in [4.69, 9.17) is 9.47 Å². The third-order valence-electron chi connectivity index (χ3n) is 5.15. The van der Waals surface area contributed by atoms with Gasteiger partial charge < -0.3 is 9.47 Å². The summed E-state index contributed by atoms with van der Waals surface area (Å²) in [5.74, 6) is -0.818. The first-order valence-corrected chi connectivity index (χ1v) is 10.3. The highest BCUT2D eigenvalue weighted by Crippen LogP contribution is 2.45. The number of nitrogens with zero attached hydrogens (tertiary/aromatic N) is 2. The number of ether oxygens (including phenoxy) is 2. The van der Waals surface area contributed by atoms with Gasteiger partial charge in [-0.25, -0.2) is 4.39 Å². The second kappa shape index (κ2) is 8.35. The van der Waals surface area contributed by atoms with Gasteiger partial charge in [0.25, 0.3) is 0 Å². The Morgan fingerprint density at radius 3 is 2.58 bits per heavy atom. The van der Waals surface area contributed by atoms with Gasteiger partial charge in [-0.2, -0.15) is 0 Å². The number of rotatable bonds is 5. The lowest BCUT2D eigenvalue weighted by atomic mass is 9.90. The summed E-state index contributed by atoms with van der Waals surface area (Å²) in [6, 6.07) is 12.7. The molecule has 1 aliphatic heterocycles. The second-order valence-electron chi connectivity index (χ2n) is 6.96. The molecule has 0 radical (unpaired) electrons. The van der Waals surface area contributed by atoms with Crippen molar-refractivity contribution in [2.24, 2.45) is 0 Å². The molecule has 2 aromatic carbocycles. The number of esters is 1. The van der Waals surface area contributed by atoms with Crippen molar-refractivity contribution in [2.45, 2.75) is 18.9 Å². The summed E-state index contributed by atoms with van der Waals surface area (Å²) in [6.07, 6.45) is 0.0913. The van der Waals surface area contributed by atoms with Crippen LogP contribution in [0.1, 0.15) is 22.8 Å². The Hall–Kier alpha value is -3.46. The van der Waals surface area contributed by atoms with E-state index in [-0.39, 0.29) is 29.6 Å². The third kappa shape index (κ3) is 3.84. The molecule has 2 heterocycles. The van der Waals surface area contributed by atoms with Crippen molar-refractivity contribution in [1.29, 1.82) is 0 Å². The molecule has 9 heteroatoms. The Morgan fingerprint density at radius 1 is 1.16 bits per heavy atom. The number of amides is 1. The molecule has 1 aliphatic rings. The molecule has 1 atom stereocenters. The van der Waals surface area contributed by atoms with Gasteiger partial charge in [-0.1, -0.05) is 29.5 Å². The zero-order chi connectivity index (χ0) is 22.1. The number of aromatic nitrogens is 1. The number of carbonyl (C=O) groups is 2. The predicted molar refractivity (Wildman–Crippen MR) is 114 cm³/mol. The molecule has 3 aromatic rings. The van der Waals surface area contributed by atoms with Crippen LogP contribution in [-0.4, -0.2) is 30.7 Å². The summed E-state index contributed by atoms with van der Waals surface area (Å²) in [5.41, 5.74) is 1.23. The van der Waals surface area contributed by atoms with Crippen LogP contribution < -0.4 is 14.5 Å². The minimum atomic E-state index is -0.607. The largest absolute Gasteiger partial charge is 0.497 e. The van der Waals surface area contributed by atoms with Gasteiger partial charge in [0.2, 0.25) is 5.91 Å². The maximum atomic E-state index is 13.4. The highest BCUT2D eigenvalue weighted by molar-refractivity contribution is 7.10. The van der Waals surface area contributed by atoms with E-state index in [2.05, 4.69) is 0 Å². The number of halogens is 1. The Morgan fingerprint density at radius 2 is 1.90 bits per heavy atom. The van der Waals surface area contributed by atoms with Gasteiger partial charge in [-0.3, -0.25) is 23.9 Å². The van der Waals surface area contributed by atoms with E-state index in [1.165, 1.54) is 35.8 Å². The van der Waals surface area contributed by atoms with Gasteiger partial charge in [-0.05, 0) is 29.8 Å².